The highest BCUT2D eigenvalue weighted by molar-refractivity contribution is 5.83. The summed E-state index contributed by atoms with van der Waals surface area (Å²) in [5.74, 6) is -0.263. The van der Waals surface area contributed by atoms with Crippen LogP contribution in [0.3, 0.4) is 0 Å². The van der Waals surface area contributed by atoms with Crippen molar-refractivity contribution in [1.82, 2.24) is 10.6 Å². The molecule has 0 spiro atoms. The van der Waals surface area contributed by atoms with Crippen molar-refractivity contribution in [3.63, 3.8) is 0 Å². The van der Waals surface area contributed by atoms with Crippen LogP contribution in [0.4, 0.5) is 4.79 Å². The van der Waals surface area contributed by atoms with E-state index in [-0.39, 0.29) is 12.1 Å². The number of carbonyl (C=O) groups is 2. The molecular weight excluding hydrogens is 244 g/mol. The van der Waals surface area contributed by atoms with Crippen molar-refractivity contribution in [3.8, 4) is 0 Å². The van der Waals surface area contributed by atoms with Crippen LogP contribution in [0.5, 0.6) is 0 Å². The van der Waals surface area contributed by atoms with Gasteiger partial charge in [-0.1, -0.05) is 40.5 Å². The molecule has 1 aliphatic carbocycles. The molecule has 5 heteroatoms. The molecule has 0 saturated heterocycles. The fraction of sp³-hybridized carbons (Fsp3) is 0.857. The Morgan fingerprint density at radius 1 is 1.26 bits per heavy atom. The number of hydrogen-bond donors (Lipinski definition) is 3. The summed E-state index contributed by atoms with van der Waals surface area (Å²) in [6.45, 7) is 7.43. The average Bonchev–Trinajstić information content (AvgIpc) is 3.06. The fourth-order valence-electron chi connectivity index (χ4n) is 2.09. The topological polar surface area (TPSA) is 78.4 Å². The number of hydrogen-bond acceptors (Lipinski definition) is 2. The molecule has 110 valence electrons. The van der Waals surface area contributed by atoms with Gasteiger partial charge in [0.25, 0.3) is 0 Å². The molecule has 3 N–H and O–H groups in total. The summed E-state index contributed by atoms with van der Waals surface area (Å²) in [4.78, 5) is 23.1. The zero-order valence-electron chi connectivity index (χ0n) is 12.3. The number of carboxylic acids is 1. The van der Waals surface area contributed by atoms with Crippen molar-refractivity contribution in [1.29, 1.82) is 0 Å². The molecule has 1 fully saturated rings. The van der Waals surface area contributed by atoms with Crippen molar-refractivity contribution in [2.24, 2.45) is 11.3 Å². The SMILES string of the molecule is CCC(CC1CC1)NC(=O)N[C@@H](C(=O)O)C(C)(C)C. The zero-order chi connectivity index (χ0) is 14.6. The van der Waals surface area contributed by atoms with Crippen LogP contribution in [0, 0.1) is 11.3 Å². The number of carbonyl (C=O) groups excluding carboxylic acids is 1. The minimum Gasteiger partial charge on any atom is -0.480 e. The Morgan fingerprint density at radius 3 is 2.21 bits per heavy atom. The Kier molecular flexibility index (Phi) is 5.20. The van der Waals surface area contributed by atoms with Crippen LogP contribution < -0.4 is 10.6 Å². The third-order valence-corrected chi connectivity index (χ3v) is 3.53. The van der Waals surface area contributed by atoms with Gasteiger partial charge in [0, 0.05) is 6.04 Å². The second kappa shape index (κ2) is 6.26. The van der Waals surface area contributed by atoms with Gasteiger partial charge in [-0.3, -0.25) is 0 Å². The van der Waals surface area contributed by atoms with Gasteiger partial charge in [0.15, 0.2) is 0 Å². The maximum Gasteiger partial charge on any atom is 0.326 e. The van der Waals surface area contributed by atoms with Crippen LogP contribution in [-0.4, -0.2) is 29.2 Å². The highest BCUT2D eigenvalue weighted by Gasteiger charge is 2.33. The van der Waals surface area contributed by atoms with Crippen molar-refractivity contribution in [2.45, 2.75) is 65.5 Å². The predicted molar refractivity (Wildman–Crippen MR) is 74.0 cm³/mol. The normalized spacial score (nSPS) is 18.5. The second-order valence-electron chi connectivity index (χ2n) is 6.54. The lowest BCUT2D eigenvalue weighted by Crippen LogP contribution is -2.53. The smallest absolute Gasteiger partial charge is 0.326 e. The molecule has 1 aliphatic rings. The molecule has 0 aliphatic heterocycles. The van der Waals surface area contributed by atoms with Crippen LogP contribution in [0.2, 0.25) is 0 Å². The monoisotopic (exact) mass is 270 g/mol. The number of carboxylic acid groups (broad SMARTS) is 1. The molecule has 2 amide bonds. The quantitative estimate of drug-likeness (QED) is 0.693. The summed E-state index contributed by atoms with van der Waals surface area (Å²) in [6, 6.07) is -1.12. The summed E-state index contributed by atoms with van der Waals surface area (Å²) < 4.78 is 0. The van der Waals surface area contributed by atoms with E-state index < -0.39 is 17.4 Å². The minimum absolute atomic E-state index is 0.141. The Balaban J connectivity index is 2.49. The summed E-state index contributed by atoms with van der Waals surface area (Å²) >= 11 is 0. The maximum absolute atomic E-state index is 11.9. The highest BCUT2D eigenvalue weighted by atomic mass is 16.4. The first-order chi connectivity index (χ1) is 8.74. The lowest BCUT2D eigenvalue weighted by molar-refractivity contribution is -0.141. The molecule has 0 aromatic carbocycles. The van der Waals surface area contributed by atoms with Gasteiger partial charge < -0.3 is 15.7 Å². The molecule has 1 saturated carbocycles. The fourth-order valence-corrected chi connectivity index (χ4v) is 2.09. The van der Waals surface area contributed by atoms with Gasteiger partial charge in [-0.25, -0.2) is 9.59 Å². The first kappa shape index (κ1) is 15.8. The number of amides is 2. The van der Waals surface area contributed by atoms with Crippen molar-refractivity contribution in [3.05, 3.63) is 0 Å². The molecule has 1 unspecified atom stereocenters. The van der Waals surface area contributed by atoms with E-state index in [1.807, 2.05) is 6.92 Å². The molecule has 0 heterocycles. The van der Waals surface area contributed by atoms with Gasteiger partial charge in [-0.15, -0.1) is 0 Å². The summed E-state index contributed by atoms with van der Waals surface area (Å²) in [5, 5.41) is 14.6. The van der Waals surface area contributed by atoms with Crippen molar-refractivity contribution < 1.29 is 14.7 Å². The Labute approximate surface area is 115 Å². The summed E-state index contributed by atoms with van der Waals surface area (Å²) in [6.07, 6.45) is 4.37. The van der Waals surface area contributed by atoms with Gasteiger partial charge in [-0.05, 0) is 24.2 Å². The van der Waals surface area contributed by atoms with Crippen LogP contribution in [-0.2, 0) is 4.79 Å². The van der Waals surface area contributed by atoms with Crippen LogP contribution >= 0.6 is 0 Å². The van der Waals surface area contributed by atoms with Gasteiger partial charge in [0.05, 0.1) is 0 Å². The number of urea groups is 1. The first-order valence-electron chi connectivity index (χ1n) is 7.03. The van der Waals surface area contributed by atoms with E-state index in [0.29, 0.717) is 0 Å². The van der Waals surface area contributed by atoms with Gasteiger partial charge in [-0.2, -0.15) is 0 Å². The standard InChI is InChI=1S/C14H26N2O3/c1-5-10(8-9-6-7-9)15-13(19)16-11(12(17)18)14(2,3)4/h9-11H,5-8H2,1-4H3,(H,17,18)(H2,15,16,19)/t10?,11-/m0/s1. The van der Waals surface area contributed by atoms with E-state index in [1.54, 1.807) is 20.8 Å². The lowest BCUT2D eigenvalue weighted by atomic mass is 9.87. The van der Waals surface area contributed by atoms with Crippen molar-refractivity contribution >= 4 is 12.0 Å². The van der Waals surface area contributed by atoms with E-state index in [9.17, 15) is 9.59 Å². The Morgan fingerprint density at radius 2 is 1.84 bits per heavy atom. The maximum atomic E-state index is 11.9. The third kappa shape index (κ3) is 5.49. The molecule has 5 nitrogen and oxygen atoms in total. The van der Waals surface area contributed by atoms with E-state index in [4.69, 9.17) is 5.11 Å². The third-order valence-electron chi connectivity index (χ3n) is 3.53. The predicted octanol–water partition coefficient (Wildman–Crippen LogP) is 2.36. The highest BCUT2D eigenvalue weighted by Crippen LogP contribution is 2.34. The van der Waals surface area contributed by atoms with E-state index in [2.05, 4.69) is 10.6 Å². The van der Waals surface area contributed by atoms with E-state index in [0.717, 1.165) is 18.8 Å². The molecule has 0 radical (unpaired) electrons. The van der Waals surface area contributed by atoms with Crippen LogP contribution in [0.1, 0.15) is 53.4 Å². The molecular formula is C14H26N2O3. The van der Waals surface area contributed by atoms with Gasteiger partial charge in [0.2, 0.25) is 0 Å². The van der Waals surface area contributed by atoms with Gasteiger partial charge in [0.1, 0.15) is 6.04 Å². The first-order valence-corrected chi connectivity index (χ1v) is 7.03. The molecule has 19 heavy (non-hydrogen) atoms. The summed E-state index contributed by atoms with van der Waals surface area (Å²) in [7, 11) is 0. The number of nitrogens with one attached hydrogen (secondary N) is 2. The Hall–Kier alpha value is -1.26. The molecule has 0 bridgehead atoms. The zero-order valence-corrected chi connectivity index (χ0v) is 12.3. The van der Waals surface area contributed by atoms with Crippen LogP contribution in [0.25, 0.3) is 0 Å². The largest absolute Gasteiger partial charge is 0.480 e. The minimum atomic E-state index is -1.00. The number of rotatable bonds is 6. The molecule has 2 atom stereocenters. The second-order valence-corrected chi connectivity index (χ2v) is 6.54. The van der Waals surface area contributed by atoms with Crippen molar-refractivity contribution in [2.75, 3.05) is 0 Å². The number of aliphatic carboxylic acids is 1. The Bertz CT molecular complexity index is 332. The van der Waals surface area contributed by atoms with Gasteiger partial charge >= 0.3 is 12.0 Å². The average molecular weight is 270 g/mol. The van der Waals surface area contributed by atoms with E-state index in [1.165, 1.54) is 12.8 Å². The van der Waals surface area contributed by atoms with Crippen LogP contribution in [0.15, 0.2) is 0 Å². The molecule has 0 aromatic rings. The van der Waals surface area contributed by atoms with E-state index >= 15 is 0 Å². The lowest BCUT2D eigenvalue weighted by Gasteiger charge is -2.28. The molecule has 0 aromatic heterocycles. The summed E-state index contributed by atoms with van der Waals surface area (Å²) in [5.41, 5.74) is -0.513. The molecule has 1 rings (SSSR count).